The van der Waals surface area contributed by atoms with E-state index in [0.29, 0.717) is 0 Å². The van der Waals surface area contributed by atoms with Crippen LogP contribution in [0.1, 0.15) is 19.3 Å². The highest BCUT2D eigenvalue weighted by molar-refractivity contribution is 9.10. The highest BCUT2D eigenvalue weighted by Gasteiger charge is 2.19. The van der Waals surface area contributed by atoms with Gasteiger partial charge in [-0.25, -0.2) is 0 Å². The van der Waals surface area contributed by atoms with Gasteiger partial charge < -0.3 is 5.73 Å². The van der Waals surface area contributed by atoms with Crippen LogP contribution in [0.4, 0.5) is 5.69 Å². The summed E-state index contributed by atoms with van der Waals surface area (Å²) in [6.45, 7) is 0. The first-order valence-corrected chi connectivity index (χ1v) is 6.14. The third kappa shape index (κ3) is 2.20. The molecule has 1 aromatic carbocycles. The lowest BCUT2D eigenvalue weighted by Crippen LogP contribution is -2.13. The molecule has 2 rings (SSSR count). The molecule has 0 heterocycles. The number of thioether (sulfide) groups is 1. The Morgan fingerprint density at radius 2 is 2.15 bits per heavy atom. The van der Waals surface area contributed by atoms with Crippen molar-refractivity contribution in [2.45, 2.75) is 29.4 Å². The average molecular weight is 258 g/mol. The molecule has 1 aromatic rings. The number of nitrogens with two attached hydrogens (primary N) is 1. The summed E-state index contributed by atoms with van der Waals surface area (Å²) in [6, 6.07) is 6.06. The monoisotopic (exact) mass is 257 g/mol. The highest BCUT2D eigenvalue weighted by atomic mass is 79.9. The van der Waals surface area contributed by atoms with Crippen LogP contribution in [0.25, 0.3) is 0 Å². The van der Waals surface area contributed by atoms with E-state index in [1.54, 1.807) is 0 Å². The van der Waals surface area contributed by atoms with E-state index < -0.39 is 0 Å². The van der Waals surface area contributed by atoms with Crippen LogP contribution in [0.3, 0.4) is 0 Å². The second kappa shape index (κ2) is 3.93. The minimum Gasteiger partial charge on any atom is -0.398 e. The molecule has 0 spiro atoms. The average Bonchev–Trinajstić information content (AvgIpc) is 2.03. The van der Waals surface area contributed by atoms with Gasteiger partial charge in [-0.2, -0.15) is 0 Å². The van der Waals surface area contributed by atoms with E-state index in [0.717, 1.165) is 15.4 Å². The Kier molecular flexibility index (Phi) is 2.84. The summed E-state index contributed by atoms with van der Waals surface area (Å²) >= 11 is 5.37. The van der Waals surface area contributed by atoms with Crippen LogP contribution in [0.5, 0.6) is 0 Å². The first-order chi connectivity index (χ1) is 6.25. The number of benzene rings is 1. The van der Waals surface area contributed by atoms with Crippen LogP contribution in [-0.2, 0) is 0 Å². The van der Waals surface area contributed by atoms with Gasteiger partial charge in [0.1, 0.15) is 0 Å². The summed E-state index contributed by atoms with van der Waals surface area (Å²) in [4.78, 5) is 1.22. The molecule has 0 aliphatic heterocycles. The SMILES string of the molecule is Nc1ccc(Br)cc1SC1CCC1. The Morgan fingerprint density at radius 1 is 1.38 bits per heavy atom. The molecule has 0 unspecified atom stereocenters. The molecule has 1 saturated carbocycles. The minimum atomic E-state index is 0.802. The van der Waals surface area contributed by atoms with Gasteiger partial charge in [-0.1, -0.05) is 22.4 Å². The molecule has 1 aliphatic carbocycles. The van der Waals surface area contributed by atoms with Crippen LogP contribution >= 0.6 is 27.7 Å². The van der Waals surface area contributed by atoms with Crippen molar-refractivity contribution in [1.29, 1.82) is 0 Å². The fourth-order valence-corrected chi connectivity index (χ4v) is 3.12. The Hall–Kier alpha value is -0.150. The van der Waals surface area contributed by atoms with E-state index in [1.165, 1.54) is 24.2 Å². The summed E-state index contributed by atoms with van der Waals surface area (Å²) in [5, 5.41) is 0.802. The van der Waals surface area contributed by atoms with Crippen LogP contribution in [0.15, 0.2) is 27.6 Å². The van der Waals surface area contributed by atoms with Crippen molar-refractivity contribution in [3.05, 3.63) is 22.7 Å². The maximum Gasteiger partial charge on any atom is 0.0453 e. The Bertz CT molecular complexity index is 310. The standard InChI is InChI=1S/C10H12BrNS/c11-7-4-5-9(12)10(6-7)13-8-2-1-3-8/h4-6,8H,1-3,12H2. The molecule has 0 saturated heterocycles. The van der Waals surface area contributed by atoms with Gasteiger partial charge in [0.15, 0.2) is 0 Å². The molecule has 13 heavy (non-hydrogen) atoms. The van der Waals surface area contributed by atoms with Gasteiger partial charge >= 0.3 is 0 Å². The zero-order valence-electron chi connectivity index (χ0n) is 7.29. The highest BCUT2D eigenvalue weighted by Crippen LogP contribution is 2.39. The van der Waals surface area contributed by atoms with E-state index in [-0.39, 0.29) is 0 Å². The summed E-state index contributed by atoms with van der Waals surface area (Å²) < 4.78 is 1.11. The van der Waals surface area contributed by atoms with Gasteiger partial charge in [-0.3, -0.25) is 0 Å². The second-order valence-electron chi connectivity index (χ2n) is 3.35. The van der Waals surface area contributed by atoms with E-state index in [2.05, 4.69) is 22.0 Å². The number of rotatable bonds is 2. The lowest BCUT2D eigenvalue weighted by Gasteiger charge is -2.25. The predicted molar refractivity (Wildman–Crippen MR) is 62.1 cm³/mol. The fraction of sp³-hybridized carbons (Fsp3) is 0.400. The Balaban J connectivity index is 2.13. The van der Waals surface area contributed by atoms with Gasteiger partial charge in [-0.05, 0) is 31.0 Å². The maximum absolute atomic E-state index is 5.87. The number of halogens is 1. The molecule has 0 radical (unpaired) electrons. The van der Waals surface area contributed by atoms with E-state index in [1.807, 2.05) is 23.9 Å². The Morgan fingerprint density at radius 3 is 2.77 bits per heavy atom. The number of hydrogen-bond acceptors (Lipinski definition) is 2. The first-order valence-electron chi connectivity index (χ1n) is 4.47. The number of nitrogen functional groups attached to an aromatic ring is 1. The van der Waals surface area contributed by atoms with Crippen molar-refractivity contribution in [3.63, 3.8) is 0 Å². The zero-order chi connectivity index (χ0) is 9.26. The van der Waals surface area contributed by atoms with Crippen molar-refractivity contribution in [3.8, 4) is 0 Å². The molecular weight excluding hydrogens is 246 g/mol. The van der Waals surface area contributed by atoms with Crippen molar-refractivity contribution in [2.75, 3.05) is 5.73 Å². The van der Waals surface area contributed by atoms with Gasteiger partial charge in [0.25, 0.3) is 0 Å². The molecular formula is C10H12BrNS. The molecule has 3 heteroatoms. The van der Waals surface area contributed by atoms with Crippen LogP contribution in [0, 0.1) is 0 Å². The van der Waals surface area contributed by atoms with Crippen LogP contribution < -0.4 is 5.73 Å². The summed E-state index contributed by atoms with van der Waals surface area (Å²) in [5.41, 5.74) is 6.78. The smallest absolute Gasteiger partial charge is 0.0453 e. The first kappa shape index (κ1) is 9.41. The molecule has 2 N–H and O–H groups in total. The topological polar surface area (TPSA) is 26.0 Å². The largest absolute Gasteiger partial charge is 0.398 e. The van der Waals surface area contributed by atoms with Crippen molar-refractivity contribution >= 4 is 33.4 Å². The molecule has 0 atom stereocenters. The van der Waals surface area contributed by atoms with Gasteiger partial charge in [-0.15, -0.1) is 11.8 Å². The summed E-state index contributed by atoms with van der Waals surface area (Å²) in [7, 11) is 0. The fourth-order valence-electron chi connectivity index (χ4n) is 1.28. The zero-order valence-corrected chi connectivity index (χ0v) is 9.70. The van der Waals surface area contributed by atoms with Crippen LogP contribution in [-0.4, -0.2) is 5.25 Å². The van der Waals surface area contributed by atoms with E-state index >= 15 is 0 Å². The van der Waals surface area contributed by atoms with Crippen molar-refractivity contribution in [1.82, 2.24) is 0 Å². The molecule has 0 aromatic heterocycles. The van der Waals surface area contributed by atoms with Crippen molar-refractivity contribution in [2.24, 2.45) is 0 Å². The quantitative estimate of drug-likeness (QED) is 0.819. The van der Waals surface area contributed by atoms with Gasteiger partial charge in [0.05, 0.1) is 0 Å². The molecule has 1 nitrogen and oxygen atoms in total. The summed E-state index contributed by atoms with van der Waals surface area (Å²) in [6.07, 6.45) is 4.07. The lowest BCUT2D eigenvalue weighted by molar-refractivity contribution is 0.522. The lowest BCUT2D eigenvalue weighted by atomic mass is 10.0. The molecule has 70 valence electrons. The number of anilines is 1. The van der Waals surface area contributed by atoms with Crippen LogP contribution in [0.2, 0.25) is 0 Å². The molecule has 1 aliphatic rings. The van der Waals surface area contributed by atoms with Crippen molar-refractivity contribution < 1.29 is 0 Å². The Labute approximate surface area is 91.2 Å². The molecule has 0 amide bonds. The maximum atomic E-state index is 5.87. The second-order valence-corrected chi connectivity index (χ2v) is 5.61. The third-order valence-corrected chi connectivity index (χ3v) is 4.23. The normalized spacial score (nSPS) is 17.0. The van der Waals surface area contributed by atoms with E-state index in [4.69, 9.17) is 5.73 Å². The number of hydrogen-bond donors (Lipinski definition) is 1. The van der Waals surface area contributed by atoms with E-state index in [9.17, 15) is 0 Å². The molecule has 1 fully saturated rings. The van der Waals surface area contributed by atoms with Gasteiger partial charge in [0, 0.05) is 20.3 Å². The predicted octanol–water partition coefficient (Wildman–Crippen LogP) is 3.68. The van der Waals surface area contributed by atoms with Gasteiger partial charge in [0.2, 0.25) is 0 Å². The third-order valence-electron chi connectivity index (χ3n) is 2.32. The minimum absolute atomic E-state index is 0.802. The molecule has 0 bridgehead atoms. The summed E-state index contributed by atoms with van der Waals surface area (Å²) in [5.74, 6) is 0.